The van der Waals surface area contributed by atoms with Crippen molar-refractivity contribution >= 4 is 35.6 Å². The van der Waals surface area contributed by atoms with Gasteiger partial charge in [-0.2, -0.15) is 0 Å². The minimum absolute atomic E-state index is 0. The van der Waals surface area contributed by atoms with Crippen LogP contribution in [0.3, 0.4) is 0 Å². The van der Waals surface area contributed by atoms with Crippen molar-refractivity contribution in [3.8, 4) is 0 Å². The number of nitrogens with zero attached hydrogens (tertiary/aromatic N) is 5. The zero-order chi connectivity index (χ0) is 22.8. The summed E-state index contributed by atoms with van der Waals surface area (Å²) >= 11 is 0. The molecule has 0 saturated heterocycles. The summed E-state index contributed by atoms with van der Waals surface area (Å²) in [7, 11) is 4.11. The zero-order valence-electron chi connectivity index (χ0n) is 20.5. The number of aromatic nitrogens is 3. The van der Waals surface area contributed by atoms with E-state index >= 15 is 0 Å². The number of aryl methyl sites for hydroxylation is 1. The largest absolute Gasteiger partial charge is 0.382 e. The lowest BCUT2D eigenvalue weighted by Gasteiger charge is -2.21. The monoisotopic (exact) mass is 569 g/mol. The van der Waals surface area contributed by atoms with Gasteiger partial charge in [0.2, 0.25) is 0 Å². The number of guanidine groups is 1. The predicted molar refractivity (Wildman–Crippen MR) is 145 cm³/mol. The molecule has 2 N–H and O–H groups in total. The number of ether oxygens (including phenoxy) is 1. The molecular formula is C24H40IN7O. The number of hydrogen-bond acceptors (Lipinski definition) is 5. The smallest absolute Gasteiger partial charge is 0.191 e. The molecule has 0 amide bonds. The summed E-state index contributed by atoms with van der Waals surface area (Å²) in [5.41, 5.74) is 1.59. The number of hydrogen-bond donors (Lipinski definition) is 2. The highest BCUT2D eigenvalue weighted by Gasteiger charge is 2.41. The molecule has 1 fully saturated rings. The molecule has 1 heterocycles. The molecular weight excluding hydrogens is 529 g/mol. The molecule has 0 unspecified atom stereocenters. The Hall–Kier alpha value is -1.88. The SMILES string of the molecule is CCOCCC1(CNC(=NCc2nnc(C)n2C)NCCCN(C)c2ccccc2)CC1.I. The number of aliphatic imine (C=N–C) groups is 1. The Balaban J connectivity index is 0.00000385. The van der Waals surface area contributed by atoms with Gasteiger partial charge in [0.1, 0.15) is 12.4 Å². The van der Waals surface area contributed by atoms with E-state index < -0.39 is 0 Å². The molecule has 0 atom stereocenters. The van der Waals surface area contributed by atoms with E-state index in [1.807, 2.05) is 24.6 Å². The number of anilines is 1. The van der Waals surface area contributed by atoms with Crippen molar-refractivity contribution in [1.82, 2.24) is 25.4 Å². The van der Waals surface area contributed by atoms with Crippen LogP contribution >= 0.6 is 24.0 Å². The first-order chi connectivity index (χ1) is 15.5. The summed E-state index contributed by atoms with van der Waals surface area (Å²) in [5, 5.41) is 15.5. The molecule has 1 saturated carbocycles. The van der Waals surface area contributed by atoms with Gasteiger partial charge in [-0.1, -0.05) is 18.2 Å². The summed E-state index contributed by atoms with van der Waals surface area (Å²) in [6.07, 6.45) is 4.63. The quantitative estimate of drug-likeness (QED) is 0.167. The van der Waals surface area contributed by atoms with Crippen LogP contribution in [-0.4, -0.2) is 60.6 Å². The van der Waals surface area contributed by atoms with Gasteiger partial charge in [-0.3, -0.25) is 0 Å². The van der Waals surface area contributed by atoms with Crippen molar-refractivity contribution in [2.24, 2.45) is 17.5 Å². The highest BCUT2D eigenvalue weighted by molar-refractivity contribution is 14.0. The van der Waals surface area contributed by atoms with Crippen LogP contribution in [0.15, 0.2) is 35.3 Å². The van der Waals surface area contributed by atoms with Crippen LogP contribution in [0.4, 0.5) is 5.69 Å². The van der Waals surface area contributed by atoms with Gasteiger partial charge in [0.15, 0.2) is 11.8 Å². The highest BCUT2D eigenvalue weighted by atomic mass is 127. The van der Waals surface area contributed by atoms with E-state index in [0.29, 0.717) is 12.0 Å². The standard InChI is InChI=1S/C24H39N7O.HI/c1-5-32-17-14-24(12-13-24)19-27-23(26-18-22-29-28-20(2)31(22)4)25-15-9-16-30(3)21-10-7-6-8-11-21;/h6-8,10-11H,5,9,12-19H2,1-4H3,(H2,25,26,27);1H. The zero-order valence-corrected chi connectivity index (χ0v) is 22.8. The third kappa shape index (κ3) is 8.77. The molecule has 184 valence electrons. The molecule has 3 rings (SSSR count). The first-order valence-electron chi connectivity index (χ1n) is 11.7. The Morgan fingerprint density at radius 3 is 2.61 bits per heavy atom. The first kappa shape index (κ1) is 27.4. The summed E-state index contributed by atoms with van der Waals surface area (Å²) < 4.78 is 7.57. The van der Waals surface area contributed by atoms with Gasteiger partial charge in [0, 0.05) is 52.6 Å². The maximum Gasteiger partial charge on any atom is 0.191 e. The van der Waals surface area contributed by atoms with Crippen molar-refractivity contribution in [2.75, 3.05) is 44.8 Å². The topological polar surface area (TPSA) is 79.6 Å². The van der Waals surface area contributed by atoms with Crippen LogP contribution in [0.5, 0.6) is 0 Å². The molecule has 1 aromatic carbocycles. The molecule has 1 aliphatic carbocycles. The van der Waals surface area contributed by atoms with E-state index in [-0.39, 0.29) is 24.0 Å². The lowest BCUT2D eigenvalue weighted by atomic mass is 10.0. The minimum Gasteiger partial charge on any atom is -0.382 e. The van der Waals surface area contributed by atoms with Crippen LogP contribution in [0.1, 0.15) is 44.3 Å². The fraction of sp³-hybridized carbons (Fsp3) is 0.625. The maximum absolute atomic E-state index is 5.58. The van der Waals surface area contributed by atoms with Crippen LogP contribution in [0.25, 0.3) is 0 Å². The molecule has 9 heteroatoms. The summed E-state index contributed by atoms with van der Waals surface area (Å²) in [6.45, 7) is 8.88. The Kier molecular flexibility index (Phi) is 11.4. The molecule has 1 aromatic heterocycles. The molecule has 33 heavy (non-hydrogen) atoms. The number of halogens is 1. The van der Waals surface area contributed by atoms with E-state index in [1.165, 1.54) is 18.5 Å². The van der Waals surface area contributed by atoms with Crippen LogP contribution in [0.2, 0.25) is 0 Å². The summed E-state index contributed by atoms with van der Waals surface area (Å²) in [6, 6.07) is 10.5. The van der Waals surface area contributed by atoms with Gasteiger partial charge < -0.3 is 24.8 Å². The second-order valence-corrected chi connectivity index (χ2v) is 8.73. The van der Waals surface area contributed by atoms with Crippen molar-refractivity contribution in [3.63, 3.8) is 0 Å². The Bertz CT molecular complexity index is 852. The highest BCUT2D eigenvalue weighted by Crippen LogP contribution is 2.48. The number of rotatable bonds is 13. The Morgan fingerprint density at radius 2 is 1.97 bits per heavy atom. The molecule has 1 aliphatic rings. The molecule has 2 aromatic rings. The van der Waals surface area contributed by atoms with Gasteiger partial charge >= 0.3 is 0 Å². The average Bonchev–Trinajstić information content (AvgIpc) is 3.52. The number of nitrogens with one attached hydrogen (secondary N) is 2. The molecule has 8 nitrogen and oxygen atoms in total. The van der Waals surface area contributed by atoms with Crippen molar-refractivity contribution < 1.29 is 4.74 Å². The van der Waals surface area contributed by atoms with Crippen LogP contribution in [0, 0.1) is 12.3 Å². The maximum atomic E-state index is 5.58. The third-order valence-corrected chi connectivity index (χ3v) is 6.29. The first-order valence-corrected chi connectivity index (χ1v) is 11.7. The Labute approximate surface area is 215 Å². The van der Waals surface area contributed by atoms with E-state index in [1.54, 1.807) is 0 Å². The second kappa shape index (κ2) is 13.7. The van der Waals surface area contributed by atoms with E-state index in [9.17, 15) is 0 Å². The molecule has 0 radical (unpaired) electrons. The van der Waals surface area contributed by atoms with E-state index in [4.69, 9.17) is 9.73 Å². The molecule has 0 spiro atoms. The van der Waals surface area contributed by atoms with E-state index in [0.717, 1.165) is 63.3 Å². The fourth-order valence-corrected chi connectivity index (χ4v) is 3.64. The van der Waals surface area contributed by atoms with Gasteiger partial charge in [-0.15, -0.1) is 34.2 Å². The Morgan fingerprint density at radius 1 is 1.21 bits per heavy atom. The van der Waals surface area contributed by atoms with Gasteiger partial charge in [-0.05, 0) is 57.1 Å². The normalized spacial score (nSPS) is 14.5. The second-order valence-electron chi connectivity index (χ2n) is 8.73. The number of benzene rings is 1. The van der Waals surface area contributed by atoms with Crippen LogP contribution in [-0.2, 0) is 18.3 Å². The number of para-hydroxylation sites is 1. The average molecular weight is 570 g/mol. The summed E-state index contributed by atoms with van der Waals surface area (Å²) in [5.74, 6) is 2.61. The lowest BCUT2D eigenvalue weighted by Crippen LogP contribution is -2.41. The molecule has 0 bridgehead atoms. The lowest BCUT2D eigenvalue weighted by molar-refractivity contribution is 0.128. The predicted octanol–water partition coefficient (Wildman–Crippen LogP) is 3.51. The van der Waals surface area contributed by atoms with Crippen molar-refractivity contribution in [1.29, 1.82) is 0 Å². The van der Waals surface area contributed by atoms with Gasteiger partial charge in [0.05, 0.1) is 0 Å². The third-order valence-electron chi connectivity index (χ3n) is 6.29. The molecule has 0 aliphatic heterocycles. The van der Waals surface area contributed by atoms with Crippen molar-refractivity contribution in [2.45, 2.75) is 46.1 Å². The van der Waals surface area contributed by atoms with E-state index in [2.05, 4.69) is 64.0 Å². The van der Waals surface area contributed by atoms with Crippen molar-refractivity contribution in [3.05, 3.63) is 42.0 Å². The van der Waals surface area contributed by atoms with Gasteiger partial charge in [0.25, 0.3) is 0 Å². The fourth-order valence-electron chi connectivity index (χ4n) is 3.64. The summed E-state index contributed by atoms with van der Waals surface area (Å²) in [4.78, 5) is 7.08. The van der Waals surface area contributed by atoms with Gasteiger partial charge in [-0.25, -0.2) is 4.99 Å². The minimum atomic E-state index is 0. The van der Waals surface area contributed by atoms with Crippen LogP contribution < -0.4 is 15.5 Å².